The van der Waals surface area contributed by atoms with Crippen molar-refractivity contribution in [3.8, 4) is 0 Å². The highest BCUT2D eigenvalue weighted by Crippen LogP contribution is 2.37. The van der Waals surface area contributed by atoms with Crippen molar-refractivity contribution in [2.24, 2.45) is 11.3 Å². The molecule has 0 radical (unpaired) electrons. The van der Waals surface area contributed by atoms with Gasteiger partial charge in [0.2, 0.25) is 0 Å². The molecule has 0 spiro atoms. The molecule has 0 aromatic heterocycles. The highest BCUT2D eigenvalue weighted by atomic mass is 19.4. The van der Waals surface area contributed by atoms with Crippen molar-refractivity contribution < 1.29 is 13.2 Å². The van der Waals surface area contributed by atoms with Crippen molar-refractivity contribution in [1.29, 1.82) is 0 Å². The van der Waals surface area contributed by atoms with Crippen LogP contribution >= 0.6 is 0 Å². The van der Waals surface area contributed by atoms with Crippen LogP contribution in [0, 0.1) is 11.3 Å². The van der Waals surface area contributed by atoms with Gasteiger partial charge in [-0.25, -0.2) is 0 Å². The van der Waals surface area contributed by atoms with Gasteiger partial charge >= 0.3 is 6.18 Å². The zero-order chi connectivity index (χ0) is 14.3. The molecule has 0 aliphatic carbocycles. The Morgan fingerprint density at radius 1 is 1.16 bits per heavy atom. The summed E-state index contributed by atoms with van der Waals surface area (Å²) in [6.45, 7) is 8.47. The van der Waals surface area contributed by atoms with Crippen LogP contribution < -0.4 is 4.90 Å². The molecule has 1 aromatic rings. The number of halogens is 3. The van der Waals surface area contributed by atoms with Gasteiger partial charge in [-0.15, -0.1) is 0 Å². The third-order valence-corrected chi connectivity index (χ3v) is 4.32. The van der Waals surface area contributed by atoms with E-state index in [4.69, 9.17) is 0 Å². The van der Waals surface area contributed by atoms with Crippen LogP contribution in [0.15, 0.2) is 24.3 Å². The van der Waals surface area contributed by atoms with E-state index in [1.165, 1.54) is 12.1 Å². The van der Waals surface area contributed by atoms with E-state index in [2.05, 4.69) is 25.7 Å². The lowest BCUT2D eigenvalue weighted by atomic mass is 9.75. The lowest BCUT2D eigenvalue weighted by Gasteiger charge is -2.44. The van der Waals surface area contributed by atoms with Crippen LogP contribution in [0.4, 0.5) is 18.9 Å². The minimum absolute atomic E-state index is 0.195. The van der Waals surface area contributed by atoms with E-state index >= 15 is 0 Å². The molecule has 0 amide bonds. The van der Waals surface area contributed by atoms with E-state index in [1.54, 1.807) is 12.1 Å². The molecule has 1 aliphatic heterocycles. The van der Waals surface area contributed by atoms with Crippen LogP contribution in [0.3, 0.4) is 0 Å². The van der Waals surface area contributed by atoms with Crippen LogP contribution in [0.2, 0.25) is 0 Å². The maximum atomic E-state index is 12.5. The molecule has 1 aliphatic rings. The van der Waals surface area contributed by atoms with Gasteiger partial charge in [0.05, 0.1) is 5.56 Å². The Bertz CT molecular complexity index is 434. The van der Waals surface area contributed by atoms with Crippen molar-refractivity contribution in [2.75, 3.05) is 18.0 Å². The summed E-state index contributed by atoms with van der Waals surface area (Å²) in [4.78, 5) is 2.18. The first-order valence-corrected chi connectivity index (χ1v) is 6.62. The van der Waals surface area contributed by atoms with Gasteiger partial charge in [0.15, 0.2) is 0 Å². The molecule has 1 aromatic carbocycles. The molecule has 2 rings (SSSR count). The second-order valence-corrected chi connectivity index (χ2v) is 6.14. The SMILES string of the molecule is CC1CCN(c2ccc(C(F)(F)F)cc2)CC1(C)C. The molecule has 106 valence electrons. The fourth-order valence-corrected chi connectivity index (χ4v) is 2.55. The van der Waals surface area contributed by atoms with Crippen LogP contribution in [-0.2, 0) is 6.18 Å². The lowest BCUT2D eigenvalue weighted by molar-refractivity contribution is -0.137. The summed E-state index contributed by atoms with van der Waals surface area (Å²) in [5.74, 6) is 0.637. The highest BCUT2D eigenvalue weighted by molar-refractivity contribution is 5.48. The second kappa shape index (κ2) is 4.73. The molecule has 0 saturated carbocycles. The maximum Gasteiger partial charge on any atom is 0.416 e. The van der Waals surface area contributed by atoms with Crippen LogP contribution in [-0.4, -0.2) is 13.1 Å². The molecule has 1 atom stereocenters. The van der Waals surface area contributed by atoms with Gasteiger partial charge in [-0.1, -0.05) is 20.8 Å². The van der Waals surface area contributed by atoms with Gasteiger partial charge in [-0.2, -0.15) is 13.2 Å². The number of nitrogens with zero attached hydrogens (tertiary/aromatic N) is 1. The third-order valence-electron chi connectivity index (χ3n) is 4.32. The van der Waals surface area contributed by atoms with Crippen molar-refractivity contribution in [3.05, 3.63) is 29.8 Å². The van der Waals surface area contributed by atoms with E-state index in [-0.39, 0.29) is 5.41 Å². The van der Waals surface area contributed by atoms with Crippen molar-refractivity contribution in [3.63, 3.8) is 0 Å². The monoisotopic (exact) mass is 271 g/mol. The van der Waals surface area contributed by atoms with Crippen molar-refractivity contribution in [1.82, 2.24) is 0 Å². The summed E-state index contributed by atoms with van der Waals surface area (Å²) in [5, 5.41) is 0. The summed E-state index contributed by atoms with van der Waals surface area (Å²) in [6.07, 6.45) is -3.18. The minimum atomic E-state index is -4.26. The minimum Gasteiger partial charge on any atom is -0.371 e. The number of piperidine rings is 1. The van der Waals surface area contributed by atoms with E-state index in [1.807, 2.05) is 0 Å². The maximum absolute atomic E-state index is 12.5. The fraction of sp³-hybridized carbons (Fsp3) is 0.600. The average Bonchev–Trinajstić information content (AvgIpc) is 2.32. The molecular weight excluding hydrogens is 251 g/mol. The average molecular weight is 271 g/mol. The van der Waals surface area contributed by atoms with Crippen molar-refractivity contribution >= 4 is 5.69 Å². The number of hydrogen-bond donors (Lipinski definition) is 0. The first kappa shape index (κ1) is 14.2. The van der Waals surface area contributed by atoms with E-state index in [9.17, 15) is 13.2 Å². The smallest absolute Gasteiger partial charge is 0.371 e. The van der Waals surface area contributed by atoms with Gasteiger partial charge in [0.1, 0.15) is 0 Å². The molecule has 1 nitrogen and oxygen atoms in total. The Labute approximate surface area is 112 Å². The Morgan fingerprint density at radius 3 is 2.21 bits per heavy atom. The highest BCUT2D eigenvalue weighted by Gasteiger charge is 2.34. The van der Waals surface area contributed by atoms with E-state index in [0.717, 1.165) is 25.2 Å². The largest absolute Gasteiger partial charge is 0.416 e. The quantitative estimate of drug-likeness (QED) is 0.722. The van der Waals surface area contributed by atoms with E-state index in [0.29, 0.717) is 5.92 Å². The zero-order valence-electron chi connectivity index (χ0n) is 11.6. The number of hydrogen-bond acceptors (Lipinski definition) is 1. The predicted molar refractivity (Wildman–Crippen MR) is 71.2 cm³/mol. The normalized spacial score (nSPS) is 23.5. The molecular formula is C15H20F3N. The van der Waals surface area contributed by atoms with Gasteiger partial charge in [-0.05, 0) is 42.0 Å². The second-order valence-electron chi connectivity index (χ2n) is 6.14. The number of rotatable bonds is 1. The Hall–Kier alpha value is -1.19. The first-order chi connectivity index (χ1) is 8.70. The Kier molecular flexibility index (Phi) is 3.54. The molecule has 0 bridgehead atoms. The number of benzene rings is 1. The van der Waals surface area contributed by atoms with Gasteiger partial charge in [0.25, 0.3) is 0 Å². The lowest BCUT2D eigenvalue weighted by Crippen LogP contribution is -2.44. The predicted octanol–water partition coefficient (Wildman–Crippen LogP) is 4.58. The molecule has 1 saturated heterocycles. The molecule has 1 fully saturated rings. The standard InChI is InChI=1S/C15H20F3N/c1-11-8-9-19(10-14(11,2)3)13-6-4-12(5-7-13)15(16,17)18/h4-7,11H,8-10H2,1-3H3. The molecule has 1 unspecified atom stereocenters. The Balaban J connectivity index is 2.15. The summed E-state index contributed by atoms with van der Waals surface area (Å²) in [6, 6.07) is 5.49. The fourth-order valence-electron chi connectivity index (χ4n) is 2.55. The summed E-state index contributed by atoms with van der Waals surface area (Å²) in [5.41, 5.74) is 0.495. The van der Waals surface area contributed by atoms with Crippen molar-refractivity contribution in [2.45, 2.75) is 33.4 Å². The van der Waals surface area contributed by atoms with Crippen LogP contribution in [0.1, 0.15) is 32.8 Å². The summed E-state index contributed by atoms with van der Waals surface area (Å²) >= 11 is 0. The van der Waals surface area contributed by atoms with E-state index < -0.39 is 11.7 Å². The van der Waals surface area contributed by atoms with Crippen LogP contribution in [0.5, 0.6) is 0 Å². The summed E-state index contributed by atoms with van der Waals surface area (Å²) in [7, 11) is 0. The summed E-state index contributed by atoms with van der Waals surface area (Å²) < 4.78 is 37.6. The topological polar surface area (TPSA) is 3.24 Å². The molecule has 19 heavy (non-hydrogen) atoms. The zero-order valence-corrected chi connectivity index (χ0v) is 11.6. The van der Waals surface area contributed by atoms with Gasteiger partial charge in [0, 0.05) is 18.8 Å². The van der Waals surface area contributed by atoms with Gasteiger partial charge in [-0.3, -0.25) is 0 Å². The Morgan fingerprint density at radius 2 is 1.74 bits per heavy atom. The molecule has 4 heteroatoms. The number of alkyl halides is 3. The molecule has 0 N–H and O–H groups in total. The first-order valence-electron chi connectivity index (χ1n) is 6.62. The molecule has 1 heterocycles. The van der Waals surface area contributed by atoms with Crippen LogP contribution in [0.25, 0.3) is 0 Å². The number of anilines is 1. The van der Waals surface area contributed by atoms with Gasteiger partial charge < -0.3 is 4.90 Å². The third kappa shape index (κ3) is 3.04.